The lowest BCUT2D eigenvalue weighted by atomic mass is 9.76. The minimum atomic E-state index is 0.249. The van der Waals surface area contributed by atoms with Crippen molar-refractivity contribution in [2.45, 2.75) is 25.3 Å². The first-order chi connectivity index (χ1) is 11.2. The van der Waals surface area contributed by atoms with Crippen LogP contribution in [0.25, 0.3) is 0 Å². The van der Waals surface area contributed by atoms with Crippen molar-refractivity contribution in [2.24, 2.45) is 5.92 Å². The van der Waals surface area contributed by atoms with E-state index >= 15 is 0 Å². The van der Waals surface area contributed by atoms with E-state index in [9.17, 15) is 0 Å². The summed E-state index contributed by atoms with van der Waals surface area (Å²) >= 11 is 6.30. The van der Waals surface area contributed by atoms with Gasteiger partial charge in [0.2, 0.25) is 0 Å². The van der Waals surface area contributed by atoms with Gasteiger partial charge in [0.25, 0.3) is 0 Å². The maximum Gasteiger partial charge on any atom is 0.124 e. The number of aryl methyl sites for hydroxylation is 1. The van der Waals surface area contributed by atoms with Crippen molar-refractivity contribution in [1.82, 2.24) is 0 Å². The van der Waals surface area contributed by atoms with Gasteiger partial charge in [-0.15, -0.1) is 0 Å². The fourth-order valence-corrected chi connectivity index (χ4v) is 4.35. The molecule has 0 radical (unpaired) electrons. The Kier molecular flexibility index (Phi) is 3.57. The van der Waals surface area contributed by atoms with Crippen molar-refractivity contribution in [3.63, 3.8) is 0 Å². The number of allylic oxidation sites excluding steroid dienone is 2. The van der Waals surface area contributed by atoms with E-state index in [1.54, 1.807) is 7.11 Å². The molecule has 2 aromatic carbocycles. The summed E-state index contributed by atoms with van der Waals surface area (Å²) in [5.41, 5.74) is 4.97. The molecule has 4 rings (SSSR count). The molecular weight excluding hydrogens is 306 g/mol. The van der Waals surface area contributed by atoms with E-state index in [0.717, 1.165) is 17.2 Å². The van der Waals surface area contributed by atoms with Crippen LogP contribution in [0.5, 0.6) is 5.75 Å². The first-order valence-corrected chi connectivity index (χ1v) is 8.43. The molecule has 2 nitrogen and oxygen atoms in total. The van der Waals surface area contributed by atoms with E-state index in [-0.39, 0.29) is 6.04 Å². The average molecular weight is 326 g/mol. The van der Waals surface area contributed by atoms with Gasteiger partial charge in [-0.05, 0) is 48.6 Å². The predicted molar refractivity (Wildman–Crippen MR) is 95.5 cm³/mol. The minimum absolute atomic E-state index is 0.249. The molecular formula is C20H20ClNO. The van der Waals surface area contributed by atoms with E-state index in [1.807, 2.05) is 18.2 Å². The number of methoxy groups -OCH3 is 1. The second-order valence-electron chi connectivity index (χ2n) is 6.40. The highest BCUT2D eigenvalue weighted by Crippen LogP contribution is 2.52. The molecule has 0 fully saturated rings. The Bertz CT molecular complexity index is 783. The number of nitrogens with one attached hydrogen (secondary N) is 1. The van der Waals surface area contributed by atoms with Crippen LogP contribution in [-0.2, 0) is 0 Å². The number of ether oxygens (including phenoxy) is 1. The first kappa shape index (κ1) is 14.6. The SMILES string of the molecule is COc1ccccc1[C@@H]1Nc2c(C)cc(Cl)cc2[C@@H]2C=CC[C@@H]21. The third-order valence-corrected chi connectivity index (χ3v) is 5.32. The molecule has 23 heavy (non-hydrogen) atoms. The molecule has 0 unspecified atom stereocenters. The van der Waals surface area contributed by atoms with E-state index in [4.69, 9.17) is 16.3 Å². The Morgan fingerprint density at radius 3 is 2.83 bits per heavy atom. The lowest BCUT2D eigenvalue weighted by Crippen LogP contribution is -2.29. The van der Waals surface area contributed by atoms with Gasteiger partial charge in [0, 0.05) is 22.2 Å². The molecule has 3 atom stereocenters. The zero-order valence-electron chi connectivity index (χ0n) is 13.3. The Labute approximate surface area is 142 Å². The summed E-state index contributed by atoms with van der Waals surface area (Å²) in [6.45, 7) is 2.12. The predicted octanol–water partition coefficient (Wildman–Crippen LogP) is 5.48. The number of rotatable bonds is 2. The summed E-state index contributed by atoms with van der Waals surface area (Å²) in [6.07, 6.45) is 5.71. The van der Waals surface area contributed by atoms with Gasteiger partial charge in [0.05, 0.1) is 13.2 Å². The second-order valence-corrected chi connectivity index (χ2v) is 6.84. The topological polar surface area (TPSA) is 21.3 Å². The molecule has 118 valence electrons. The van der Waals surface area contributed by atoms with Gasteiger partial charge in [-0.25, -0.2) is 0 Å². The molecule has 1 aliphatic heterocycles. The molecule has 0 aromatic heterocycles. The van der Waals surface area contributed by atoms with Gasteiger partial charge >= 0.3 is 0 Å². The van der Waals surface area contributed by atoms with E-state index < -0.39 is 0 Å². The fourth-order valence-electron chi connectivity index (χ4n) is 4.07. The van der Waals surface area contributed by atoms with Crippen molar-refractivity contribution >= 4 is 17.3 Å². The lowest BCUT2D eigenvalue weighted by Gasteiger charge is -2.38. The van der Waals surface area contributed by atoms with Crippen LogP contribution in [0, 0.1) is 12.8 Å². The fraction of sp³-hybridized carbons (Fsp3) is 0.300. The number of hydrogen-bond acceptors (Lipinski definition) is 2. The maximum atomic E-state index is 6.30. The number of halogens is 1. The summed E-state index contributed by atoms with van der Waals surface area (Å²) in [4.78, 5) is 0. The van der Waals surface area contributed by atoms with Gasteiger partial charge in [-0.1, -0.05) is 42.0 Å². The highest BCUT2D eigenvalue weighted by molar-refractivity contribution is 6.30. The van der Waals surface area contributed by atoms with Crippen LogP contribution in [0.4, 0.5) is 5.69 Å². The van der Waals surface area contributed by atoms with Gasteiger partial charge in [-0.2, -0.15) is 0 Å². The second kappa shape index (κ2) is 5.61. The van der Waals surface area contributed by atoms with Gasteiger partial charge in [0.1, 0.15) is 5.75 Å². The van der Waals surface area contributed by atoms with Crippen LogP contribution in [0.15, 0.2) is 48.6 Å². The van der Waals surface area contributed by atoms with Crippen LogP contribution >= 0.6 is 11.6 Å². The number of hydrogen-bond donors (Lipinski definition) is 1. The summed E-state index contributed by atoms with van der Waals surface area (Å²) in [5, 5.41) is 4.59. The van der Waals surface area contributed by atoms with Gasteiger partial charge in [-0.3, -0.25) is 0 Å². The van der Waals surface area contributed by atoms with Crippen molar-refractivity contribution in [3.8, 4) is 5.75 Å². The minimum Gasteiger partial charge on any atom is -0.496 e. The molecule has 1 aliphatic carbocycles. The van der Waals surface area contributed by atoms with Gasteiger partial charge < -0.3 is 10.1 Å². The van der Waals surface area contributed by atoms with Crippen LogP contribution in [-0.4, -0.2) is 7.11 Å². The Morgan fingerprint density at radius 1 is 1.17 bits per heavy atom. The smallest absolute Gasteiger partial charge is 0.124 e. The Morgan fingerprint density at radius 2 is 2.00 bits per heavy atom. The molecule has 1 heterocycles. The Hall–Kier alpha value is -1.93. The normalized spacial score (nSPS) is 24.7. The summed E-state index contributed by atoms with van der Waals surface area (Å²) in [7, 11) is 1.74. The quantitative estimate of drug-likeness (QED) is 0.738. The monoisotopic (exact) mass is 325 g/mol. The Balaban J connectivity index is 1.85. The number of para-hydroxylation sites is 1. The standard InChI is InChI=1S/C20H20ClNO/c1-12-10-13(21)11-17-14-7-5-8-15(14)20(22-19(12)17)16-6-3-4-9-18(16)23-2/h3-7,9-11,14-15,20,22H,8H2,1-2H3/t14-,15+,20-/m1/s1. The third-order valence-electron chi connectivity index (χ3n) is 5.10. The van der Waals surface area contributed by atoms with E-state index in [0.29, 0.717) is 11.8 Å². The van der Waals surface area contributed by atoms with Crippen molar-refractivity contribution < 1.29 is 4.74 Å². The van der Waals surface area contributed by atoms with Crippen molar-refractivity contribution in [3.05, 3.63) is 70.3 Å². The molecule has 2 aromatic rings. The molecule has 3 heteroatoms. The highest BCUT2D eigenvalue weighted by atomic mass is 35.5. The largest absolute Gasteiger partial charge is 0.496 e. The number of benzene rings is 2. The number of fused-ring (bicyclic) bond motifs is 3. The molecule has 0 saturated carbocycles. The van der Waals surface area contributed by atoms with Crippen molar-refractivity contribution in [1.29, 1.82) is 0 Å². The molecule has 0 spiro atoms. The molecule has 0 bridgehead atoms. The third kappa shape index (κ3) is 2.33. The number of anilines is 1. The maximum absolute atomic E-state index is 6.30. The molecule has 0 saturated heterocycles. The molecule has 1 N–H and O–H groups in total. The zero-order chi connectivity index (χ0) is 16.0. The first-order valence-electron chi connectivity index (χ1n) is 8.05. The average Bonchev–Trinajstić information content (AvgIpc) is 3.04. The molecule has 2 aliphatic rings. The summed E-state index contributed by atoms with van der Waals surface area (Å²) < 4.78 is 5.60. The van der Waals surface area contributed by atoms with Crippen LogP contribution < -0.4 is 10.1 Å². The van der Waals surface area contributed by atoms with E-state index in [1.165, 1.54) is 22.4 Å². The van der Waals surface area contributed by atoms with Gasteiger partial charge in [0.15, 0.2) is 0 Å². The molecule has 0 amide bonds. The summed E-state index contributed by atoms with van der Waals surface area (Å²) in [5.74, 6) is 1.86. The van der Waals surface area contributed by atoms with Crippen LogP contribution in [0.2, 0.25) is 5.02 Å². The lowest BCUT2D eigenvalue weighted by molar-refractivity contribution is 0.381. The van der Waals surface area contributed by atoms with E-state index in [2.05, 4.69) is 42.6 Å². The highest BCUT2D eigenvalue weighted by Gasteiger charge is 2.39. The van der Waals surface area contributed by atoms with Crippen molar-refractivity contribution in [2.75, 3.05) is 12.4 Å². The van der Waals surface area contributed by atoms with Crippen LogP contribution in [0.3, 0.4) is 0 Å². The summed E-state index contributed by atoms with van der Waals surface area (Å²) in [6, 6.07) is 12.7. The zero-order valence-corrected chi connectivity index (χ0v) is 14.1. The van der Waals surface area contributed by atoms with Crippen LogP contribution in [0.1, 0.15) is 35.1 Å².